The van der Waals surface area contributed by atoms with E-state index in [-0.39, 0.29) is 0 Å². The first-order valence-electron chi connectivity index (χ1n) is 8.99. The SMILES string of the molecule is N#Cc1ccc2ncc(-c3cncc(NC4CNCC4C4CC4)n3)n2c1. The van der Waals surface area contributed by atoms with Crippen LogP contribution < -0.4 is 10.6 Å². The van der Waals surface area contributed by atoms with Crippen molar-refractivity contribution >= 4 is 11.5 Å². The maximum atomic E-state index is 9.15. The second-order valence-corrected chi connectivity index (χ2v) is 7.10. The number of imidazole rings is 1. The van der Waals surface area contributed by atoms with E-state index in [4.69, 9.17) is 10.2 Å². The molecular formula is C19H19N7. The highest BCUT2D eigenvalue weighted by Crippen LogP contribution is 2.40. The molecule has 0 bridgehead atoms. The number of nitrogens with zero attached hydrogens (tertiary/aromatic N) is 5. The van der Waals surface area contributed by atoms with Crippen molar-refractivity contribution in [2.24, 2.45) is 11.8 Å². The second-order valence-electron chi connectivity index (χ2n) is 7.10. The van der Waals surface area contributed by atoms with Crippen molar-refractivity contribution in [1.29, 1.82) is 5.26 Å². The Morgan fingerprint density at radius 3 is 2.96 bits per heavy atom. The minimum absolute atomic E-state index is 0.402. The van der Waals surface area contributed by atoms with Gasteiger partial charge in [0.25, 0.3) is 0 Å². The van der Waals surface area contributed by atoms with Gasteiger partial charge in [-0.25, -0.2) is 9.97 Å². The van der Waals surface area contributed by atoms with Gasteiger partial charge in [-0.1, -0.05) is 0 Å². The summed E-state index contributed by atoms with van der Waals surface area (Å²) in [5.74, 6) is 2.31. The molecule has 1 saturated heterocycles. The fourth-order valence-electron chi connectivity index (χ4n) is 3.86. The standard InChI is InChI=1S/C19H19N7/c20-5-12-1-4-19-23-9-17(26(19)11-12)16-8-22-10-18(25-16)24-15-7-21-6-14(15)13-2-3-13/h1,4,8-11,13-15,21H,2-3,6-7H2,(H,24,25). The van der Waals surface area contributed by atoms with Crippen molar-refractivity contribution in [3.63, 3.8) is 0 Å². The molecule has 1 saturated carbocycles. The van der Waals surface area contributed by atoms with E-state index in [1.54, 1.807) is 30.9 Å². The van der Waals surface area contributed by atoms with E-state index in [9.17, 15) is 0 Å². The van der Waals surface area contributed by atoms with Gasteiger partial charge >= 0.3 is 0 Å². The maximum Gasteiger partial charge on any atom is 0.145 e. The van der Waals surface area contributed by atoms with Crippen LogP contribution in [0.4, 0.5) is 5.82 Å². The van der Waals surface area contributed by atoms with Crippen LogP contribution in [0.5, 0.6) is 0 Å². The first-order chi connectivity index (χ1) is 12.8. The van der Waals surface area contributed by atoms with E-state index in [1.807, 2.05) is 10.5 Å². The molecule has 0 spiro atoms. The lowest BCUT2D eigenvalue weighted by Crippen LogP contribution is -2.30. The zero-order valence-electron chi connectivity index (χ0n) is 14.3. The molecule has 2 N–H and O–H groups in total. The van der Waals surface area contributed by atoms with Crippen LogP contribution in [0.15, 0.2) is 36.9 Å². The Hall–Kier alpha value is -2.98. The first kappa shape index (κ1) is 15.3. The summed E-state index contributed by atoms with van der Waals surface area (Å²) in [6.07, 6.45) is 9.76. The molecule has 130 valence electrons. The Balaban J connectivity index is 1.46. The van der Waals surface area contributed by atoms with Gasteiger partial charge < -0.3 is 10.6 Å². The lowest BCUT2D eigenvalue weighted by Gasteiger charge is -2.20. The van der Waals surface area contributed by atoms with Gasteiger partial charge in [0, 0.05) is 25.3 Å². The van der Waals surface area contributed by atoms with E-state index in [0.717, 1.165) is 41.9 Å². The number of pyridine rings is 1. The first-order valence-corrected chi connectivity index (χ1v) is 8.99. The van der Waals surface area contributed by atoms with Crippen LogP contribution >= 0.6 is 0 Å². The predicted molar refractivity (Wildman–Crippen MR) is 97.4 cm³/mol. The molecule has 3 aromatic rings. The van der Waals surface area contributed by atoms with Crippen molar-refractivity contribution < 1.29 is 0 Å². The highest BCUT2D eigenvalue weighted by atomic mass is 15.1. The van der Waals surface area contributed by atoms with Crippen LogP contribution in [-0.4, -0.2) is 38.5 Å². The van der Waals surface area contributed by atoms with Gasteiger partial charge in [0.2, 0.25) is 0 Å². The van der Waals surface area contributed by atoms with Crippen molar-refractivity contribution in [3.05, 3.63) is 42.5 Å². The average Bonchev–Trinajstić information content (AvgIpc) is 3.26. The summed E-state index contributed by atoms with van der Waals surface area (Å²) in [5, 5.41) is 16.2. The molecule has 5 rings (SSSR count). The Morgan fingerprint density at radius 1 is 1.19 bits per heavy atom. The molecule has 3 aromatic heterocycles. The summed E-state index contributed by atoms with van der Waals surface area (Å²) in [5.41, 5.74) is 2.94. The molecule has 2 unspecified atom stereocenters. The van der Waals surface area contributed by atoms with Crippen LogP contribution in [0.2, 0.25) is 0 Å². The molecule has 2 aliphatic rings. The summed E-state index contributed by atoms with van der Waals surface area (Å²) in [7, 11) is 0. The molecule has 7 nitrogen and oxygen atoms in total. The van der Waals surface area contributed by atoms with Crippen molar-refractivity contribution in [2.45, 2.75) is 18.9 Å². The highest BCUT2D eigenvalue weighted by molar-refractivity contribution is 5.61. The van der Waals surface area contributed by atoms with Crippen LogP contribution in [0, 0.1) is 23.2 Å². The van der Waals surface area contributed by atoms with E-state index in [1.165, 1.54) is 12.8 Å². The highest BCUT2D eigenvalue weighted by Gasteiger charge is 2.39. The molecule has 0 radical (unpaired) electrons. The molecule has 2 atom stereocenters. The number of nitriles is 1. The Bertz CT molecular complexity index is 999. The summed E-state index contributed by atoms with van der Waals surface area (Å²) in [6, 6.07) is 6.17. The lowest BCUT2D eigenvalue weighted by molar-refractivity contribution is 0.473. The van der Waals surface area contributed by atoms with E-state index in [2.05, 4.69) is 26.7 Å². The molecule has 1 aliphatic heterocycles. The van der Waals surface area contributed by atoms with Gasteiger partial charge in [-0.15, -0.1) is 0 Å². The average molecular weight is 345 g/mol. The third kappa shape index (κ3) is 2.68. The summed E-state index contributed by atoms with van der Waals surface area (Å²) in [6.45, 7) is 2.05. The van der Waals surface area contributed by atoms with Gasteiger partial charge in [0.05, 0.1) is 29.8 Å². The van der Waals surface area contributed by atoms with Gasteiger partial charge in [-0.3, -0.25) is 9.38 Å². The van der Waals surface area contributed by atoms with Crippen molar-refractivity contribution in [3.8, 4) is 17.5 Å². The predicted octanol–water partition coefficient (Wildman–Crippen LogP) is 2.07. The van der Waals surface area contributed by atoms with Crippen LogP contribution in [0.1, 0.15) is 18.4 Å². The largest absolute Gasteiger partial charge is 0.364 e. The van der Waals surface area contributed by atoms with Gasteiger partial charge in [0.1, 0.15) is 23.2 Å². The second kappa shape index (κ2) is 6.07. The molecule has 26 heavy (non-hydrogen) atoms. The summed E-state index contributed by atoms with van der Waals surface area (Å²) >= 11 is 0. The zero-order valence-corrected chi connectivity index (χ0v) is 14.3. The molecule has 7 heteroatoms. The molecule has 2 fully saturated rings. The number of anilines is 1. The third-order valence-corrected chi connectivity index (χ3v) is 5.35. The summed E-state index contributed by atoms with van der Waals surface area (Å²) in [4.78, 5) is 13.5. The third-order valence-electron chi connectivity index (χ3n) is 5.35. The van der Waals surface area contributed by atoms with E-state index in [0.29, 0.717) is 17.5 Å². The molecular weight excluding hydrogens is 326 g/mol. The van der Waals surface area contributed by atoms with Gasteiger partial charge in [-0.05, 0) is 36.8 Å². The van der Waals surface area contributed by atoms with Gasteiger partial charge in [-0.2, -0.15) is 5.26 Å². The number of hydrogen-bond acceptors (Lipinski definition) is 6. The van der Waals surface area contributed by atoms with Crippen molar-refractivity contribution in [1.82, 2.24) is 24.7 Å². The topological polar surface area (TPSA) is 90.9 Å². The minimum Gasteiger partial charge on any atom is -0.364 e. The quantitative estimate of drug-likeness (QED) is 0.752. The number of aromatic nitrogens is 4. The molecule has 0 amide bonds. The molecule has 0 aromatic carbocycles. The zero-order chi connectivity index (χ0) is 17.5. The fourth-order valence-corrected chi connectivity index (χ4v) is 3.86. The summed E-state index contributed by atoms with van der Waals surface area (Å²) < 4.78 is 1.89. The Labute approximate surface area is 151 Å². The van der Waals surface area contributed by atoms with E-state index < -0.39 is 0 Å². The van der Waals surface area contributed by atoms with Gasteiger partial charge in [0.15, 0.2) is 0 Å². The van der Waals surface area contributed by atoms with Crippen LogP contribution in [0.25, 0.3) is 17.0 Å². The molecule has 4 heterocycles. The number of hydrogen-bond donors (Lipinski definition) is 2. The van der Waals surface area contributed by atoms with Crippen molar-refractivity contribution in [2.75, 3.05) is 18.4 Å². The monoisotopic (exact) mass is 345 g/mol. The Morgan fingerprint density at radius 2 is 2.12 bits per heavy atom. The minimum atomic E-state index is 0.402. The smallest absolute Gasteiger partial charge is 0.145 e. The van der Waals surface area contributed by atoms with Crippen LogP contribution in [-0.2, 0) is 0 Å². The number of rotatable bonds is 4. The fraction of sp³-hybridized carbons (Fsp3) is 0.368. The lowest BCUT2D eigenvalue weighted by atomic mass is 9.98. The van der Waals surface area contributed by atoms with E-state index >= 15 is 0 Å². The Kier molecular flexibility index (Phi) is 3.57. The maximum absolute atomic E-state index is 9.15. The molecule has 1 aliphatic carbocycles. The number of nitrogens with one attached hydrogen (secondary N) is 2. The van der Waals surface area contributed by atoms with Crippen LogP contribution in [0.3, 0.4) is 0 Å². The number of fused-ring (bicyclic) bond motifs is 1. The normalized spacial score (nSPS) is 22.4.